The molecule has 1 unspecified atom stereocenters. The molecule has 3 nitrogen and oxygen atoms in total. The normalized spacial score (nSPS) is 18.1. The second-order valence-electron chi connectivity index (χ2n) is 5.38. The van der Waals surface area contributed by atoms with Crippen molar-refractivity contribution in [1.82, 2.24) is 15.2 Å². The molecule has 0 saturated carbocycles. The summed E-state index contributed by atoms with van der Waals surface area (Å²) in [4.78, 5) is 6.67. The van der Waals surface area contributed by atoms with E-state index in [1.54, 1.807) is 0 Å². The van der Waals surface area contributed by atoms with Crippen molar-refractivity contribution in [2.45, 2.75) is 12.5 Å². The third-order valence-electron chi connectivity index (χ3n) is 3.93. The fourth-order valence-corrected chi connectivity index (χ4v) is 3.16. The highest BCUT2D eigenvalue weighted by molar-refractivity contribution is 6.30. The first kappa shape index (κ1) is 14.5. The summed E-state index contributed by atoms with van der Waals surface area (Å²) in [6.07, 6.45) is 4.90. The predicted molar refractivity (Wildman–Crippen MR) is 86.6 cm³/mol. The number of hydrogen-bond acceptors (Lipinski definition) is 3. The summed E-state index contributed by atoms with van der Waals surface area (Å²) in [5.41, 5.74) is 2.52. The van der Waals surface area contributed by atoms with Crippen LogP contribution in [-0.2, 0) is 0 Å². The topological polar surface area (TPSA) is 28.2 Å². The van der Waals surface area contributed by atoms with Crippen LogP contribution in [0.1, 0.15) is 23.6 Å². The molecular weight excluding hydrogens is 282 g/mol. The molecule has 0 spiro atoms. The van der Waals surface area contributed by atoms with E-state index in [0.29, 0.717) is 0 Å². The number of halogens is 1. The zero-order chi connectivity index (χ0) is 14.5. The molecule has 0 aliphatic carbocycles. The minimum Gasteiger partial charge on any atom is -0.315 e. The van der Waals surface area contributed by atoms with E-state index in [4.69, 9.17) is 11.6 Å². The van der Waals surface area contributed by atoms with Crippen LogP contribution in [0.2, 0.25) is 5.02 Å². The fourth-order valence-electron chi connectivity index (χ4n) is 2.96. The Labute approximate surface area is 131 Å². The Bertz CT molecular complexity index is 565. The van der Waals surface area contributed by atoms with Gasteiger partial charge in [-0.1, -0.05) is 23.7 Å². The van der Waals surface area contributed by atoms with Crippen LogP contribution in [0.3, 0.4) is 0 Å². The van der Waals surface area contributed by atoms with Crippen LogP contribution < -0.4 is 5.32 Å². The maximum Gasteiger partial charge on any atom is 0.0603 e. The molecule has 0 bridgehead atoms. The first-order valence-electron chi connectivity index (χ1n) is 7.45. The van der Waals surface area contributed by atoms with E-state index in [1.807, 2.05) is 24.5 Å². The van der Waals surface area contributed by atoms with Gasteiger partial charge in [0, 0.05) is 37.1 Å². The predicted octanol–water partition coefficient (Wildman–Crippen LogP) is 3.12. The van der Waals surface area contributed by atoms with E-state index in [9.17, 15) is 0 Å². The van der Waals surface area contributed by atoms with E-state index < -0.39 is 0 Å². The van der Waals surface area contributed by atoms with Gasteiger partial charge in [0.1, 0.15) is 0 Å². The standard InChI is InChI=1S/C17H20ClN3/c18-16-4-1-3-15(13-16)17(14-5-8-20-9-6-14)21-11-2-7-19-10-12-21/h1,3-6,8-9,13,17,19H,2,7,10-12H2. The van der Waals surface area contributed by atoms with Gasteiger partial charge < -0.3 is 5.32 Å². The Morgan fingerprint density at radius 2 is 1.90 bits per heavy atom. The van der Waals surface area contributed by atoms with E-state index in [0.717, 1.165) is 31.2 Å². The number of nitrogens with zero attached hydrogens (tertiary/aromatic N) is 2. The molecule has 1 aliphatic rings. The van der Waals surface area contributed by atoms with Crippen LogP contribution in [0.25, 0.3) is 0 Å². The Balaban J connectivity index is 1.98. The largest absolute Gasteiger partial charge is 0.315 e. The lowest BCUT2D eigenvalue weighted by atomic mass is 9.97. The molecule has 1 fully saturated rings. The second-order valence-corrected chi connectivity index (χ2v) is 5.81. The minimum absolute atomic E-state index is 0.242. The van der Waals surface area contributed by atoms with Gasteiger partial charge in [-0.3, -0.25) is 9.88 Å². The highest BCUT2D eigenvalue weighted by atomic mass is 35.5. The van der Waals surface area contributed by atoms with E-state index in [1.165, 1.54) is 17.5 Å². The smallest absolute Gasteiger partial charge is 0.0603 e. The van der Waals surface area contributed by atoms with Crippen LogP contribution in [0.15, 0.2) is 48.8 Å². The molecule has 0 radical (unpaired) electrons. The van der Waals surface area contributed by atoms with Crippen LogP contribution in [0, 0.1) is 0 Å². The molecule has 21 heavy (non-hydrogen) atoms. The summed E-state index contributed by atoms with van der Waals surface area (Å²) >= 11 is 6.20. The maximum absolute atomic E-state index is 6.20. The summed E-state index contributed by atoms with van der Waals surface area (Å²) < 4.78 is 0. The van der Waals surface area contributed by atoms with Crippen LogP contribution in [-0.4, -0.2) is 36.1 Å². The van der Waals surface area contributed by atoms with Gasteiger partial charge in [0.15, 0.2) is 0 Å². The van der Waals surface area contributed by atoms with Gasteiger partial charge in [-0.25, -0.2) is 0 Å². The van der Waals surface area contributed by atoms with Crippen molar-refractivity contribution in [3.63, 3.8) is 0 Å². The molecular formula is C17H20ClN3. The molecule has 3 rings (SSSR count). The molecule has 1 N–H and O–H groups in total. The van der Waals surface area contributed by atoms with Crippen LogP contribution in [0.4, 0.5) is 0 Å². The summed E-state index contributed by atoms with van der Waals surface area (Å²) in [5.74, 6) is 0. The average molecular weight is 302 g/mol. The highest BCUT2D eigenvalue weighted by Gasteiger charge is 2.23. The molecule has 110 valence electrons. The van der Waals surface area contributed by atoms with Gasteiger partial charge in [0.25, 0.3) is 0 Å². The Hall–Kier alpha value is -1.42. The molecule has 1 aliphatic heterocycles. The molecule has 1 aromatic heterocycles. The molecule has 2 aromatic rings. The average Bonchev–Trinajstić information content (AvgIpc) is 2.78. The minimum atomic E-state index is 0.242. The van der Waals surface area contributed by atoms with Crippen molar-refractivity contribution in [1.29, 1.82) is 0 Å². The number of benzene rings is 1. The third-order valence-corrected chi connectivity index (χ3v) is 4.16. The SMILES string of the molecule is Clc1cccc(C(c2ccncc2)N2CCCNCC2)c1. The fraction of sp³-hybridized carbons (Fsp3) is 0.353. The molecule has 0 amide bonds. The molecule has 1 atom stereocenters. The van der Waals surface area contributed by atoms with E-state index >= 15 is 0 Å². The van der Waals surface area contributed by atoms with Crippen molar-refractivity contribution in [3.8, 4) is 0 Å². The Morgan fingerprint density at radius 3 is 2.71 bits per heavy atom. The zero-order valence-corrected chi connectivity index (χ0v) is 12.8. The van der Waals surface area contributed by atoms with Crippen molar-refractivity contribution in [2.75, 3.05) is 26.2 Å². The second kappa shape index (κ2) is 7.03. The van der Waals surface area contributed by atoms with E-state index in [-0.39, 0.29) is 6.04 Å². The zero-order valence-electron chi connectivity index (χ0n) is 12.0. The van der Waals surface area contributed by atoms with Gasteiger partial charge in [-0.05, 0) is 48.4 Å². The Kier molecular flexibility index (Phi) is 4.86. The monoisotopic (exact) mass is 301 g/mol. The van der Waals surface area contributed by atoms with Gasteiger partial charge in [-0.15, -0.1) is 0 Å². The number of hydrogen-bond donors (Lipinski definition) is 1. The van der Waals surface area contributed by atoms with Crippen molar-refractivity contribution in [3.05, 3.63) is 64.9 Å². The van der Waals surface area contributed by atoms with Gasteiger partial charge in [-0.2, -0.15) is 0 Å². The number of nitrogens with one attached hydrogen (secondary N) is 1. The molecule has 2 heterocycles. The summed E-state index contributed by atoms with van der Waals surface area (Å²) in [6, 6.07) is 12.6. The number of aromatic nitrogens is 1. The highest BCUT2D eigenvalue weighted by Crippen LogP contribution is 2.30. The first-order valence-corrected chi connectivity index (χ1v) is 7.82. The first-order chi connectivity index (χ1) is 10.3. The van der Waals surface area contributed by atoms with Gasteiger partial charge >= 0.3 is 0 Å². The Morgan fingerprint density at radius 1 is 1.05 bits per heavy atom. The lowest BCUT2D eigenvalue weighted by Crippen LogP contribution is -2.33. The number of pyridine rings is 1. The van der Waals surface area contributed by atoms with Crippen LogP contribution in [0.5, 0.6) is 0 Å². The summed E-state index contributed by atoms with van der Waals surface area (Å²) in [5, 5.41) is 4.26. The van der Waals surface area contributed by atoms with Crippen molar-refractivity contribution in [2.24, 2.45) is 0 Å². The quantitative estimate of drug-likeness (QED) is 0.944. The lowest BCUT2D eigenvalue weighted by molar-refractivity contribution is 0.241. The molecule has 1 aromatic carbocycles. The maximum atomic E-state index is 6.20. The van der Waals surface area contributed by atoms with Crippen molar-refractivity contribution < 1.29 is 0 Å². The van der Waals surface area contributed by atoms with E-state index in [2.05, 4.69) is 39.5 Å². The third kappa shape index (κ3) is 3.62. The summed E-state index contributed by atoms with van der Waals surface area (Å²) in [7, 11) is 0. The summed E-state index contributed by atoms with van der Waals surface area (Å²) in [6.45, 7) is 4.25. The van der Waals surface area contributed by atoms with Crippen LogP contribution >= 0.6 is 11.6 Å². The van der Waals surface area contributed by atoms with Gasteiger partial charge in [0.2, 0.25) is 0 Å². The van der Waals surface area contributed by atoms with Crippen molar-refractivity contribution >= 4 is 11.6 Å². The molecule has 4 heteroatoms. The van der Waals surface area contributed by atoms with Gasteiger partial charge in [0.05, 0.1) is 6.04 Å². The lowest BCUT2D eigenvalue weighted by Gasteiger charge is -2.31. The molecule has 1 saturated heterocycles. The number of rotatable bonds is 3.